The van der Waals surface area contributed by atoms with Crippen LogP contribution in [0, 0.1) is 6.92 Å². The number of benzene rings is 1. The van der Waals surface area contributed by atoms with Crippen molar-refractivity contribution in [3.05, 3.63) is 59.5 Å². The van der Waals surface area contributed by atoms with Crippen LogP contribution in [0.25, 0.3) is 10.9 Å². The summed E-state index contributed by atoms with van der Waals surface area (Å²) >= 11 is 0. The van der Waals surface area contributed by atoms with Gasteiger partial charge in [-0.25, -0.2) is 0 Å². The van der Waals surface area contributed by atoms with Crippen molar-refractivity contribution in [3.63, 3.8) is 0 Å². The molecule has 2 aromatic heterocycles. The lowest BCUT2D eigenvalue weighted by Gasteiger charge is -2.10. The summed E-state index contributed by atoms with van der Waals surface area (Å²) in [5, 5.41) is 15.7. The predicted octanol–water partition coefficient (Wildman–Crippen LogP) is 2.55. The third-order valence-electron chi connectivity index (χ3n) is 3.41. The fraction of sp³-hybridized carbons (Fsp3) is 0.250. The molecule has 0 saturated heterocycles. The van der Waals surface area contributed by atoms with E-state index in [0.717, 1.165) is 27.9 Å². The highest BCUT2D eigenvalue weighted by molar-refractivity contribution is 5.79. The number of nitrogens with zero attached hydrogens (tertiary/aromatic N) is 3. The van der Waals surface area contributed by atoms with Crippen LogP contribution in [0.15, 0.2) is 42.6 Å². The zero-order valence-corrected chi connectivity index (χ0v) is 11.6. The Bertz CT molecular complexity index is 748. The van der Waals surface area contributed by atoms with E-state index in [1.54, 1.807) is 4.68 Å². The minimum atomic E-state index is -0.546. The zero-order chi connectivity index (χ0) is 14.1. The topological polar surface area (TPSA) is 50.9 Å². The molecule has 0 aliphatic carbocycles. The van der Waals surface area contributed by atoms with Crippen molar-refractivity contribution in [2.45, 2.75) is 19.4 Å². The second-order valence-corrected chi connectivity index (χ2v) is 5.11. The largest absolute Gasteiger partial charge is 0.388 e. The first-order valence-electron chi connectivity index (χ1n) is 6.66. The molecule has 1 atom stereocenters. The lowest BCUT2D eigenvalue weighted by atomic mass is 10.0. The van der Waals surface area contributed by atoms with Crippen LogP contribution in [0.3, 0.4) is 0 Å². The second-order valence-electron chi connectivity index (χ2n) is 5.11. The number of aryl methyl sites for hydroxylation is 2. The number of hydrogen-bond donors (Lipinski definition) is 1. The van der Waals surface area contributed by atoms with Crippen molar-refractivity contribution in [2.75, 3.05) is 0 Å². The minimum Gasteiger partial charge on any atom is -0.388 e. The van der Waals surface area contributed by atoms with Crippen molar-refractivity contribution in [1.29, 1.82) is 0 Å². The highest BCUT2D eigenvalue weighted by Gasteiger charge is 2.11. The molecule has 0 radical (unpaired) electrons. The lowest BCUT2D eigenvalue weighted by Crippen LogP contribution is -2.03. The van der Waals surface area contributed by atoms with Gasteiger partial charge in [-0.05, 0) is 36.8 Å². The Kier molecular flexibility index (Phi) is 3.24. The SMILES string of the molecule is Cc1ccc2cc(C(O)Cc3ccn(C)n3)ccc2n1. The maximum Gasteiger partial charge on any atom is 0.0846 e. The Morgan fingerprint density at radius 1 is 1.20 bits per heavy atom. The number of pyridine rings is 1. The molecule has 1 unspecified atom stereocenters. The lowest BCUT2D eigenvalue weighted by molar-refractivity contribution is 0.177. The van der Waals surface area contributed by atoms with Crippen LogP contribution in [0.1, 0.15) is 23.1 Å². The molecule has 4 nitrogen and oxygen atoms in total. The van der Waals surface area contributed by atoms with Crippen LogP contribution in [-0.4, -0.2) is 19.9 Å². The molecule has 2 heterocycles. The van der Waals surface area contributed by atoms with Gasteiger partial charge in [-0.1, -0.05) is 12.1 Å². The van der Waals surface area contributed by atoms with Gasteiger partial charge in [0.1, 0.15) is 0 Å². The molecule has 0 spiro atoms. The van der Waals surface area contributed by atoms with E-state index in [-0.39, 0.29) is 0 Å². The Balaban J connectivity index is 1.87. The Labute approximate surface area is 117 Å². The minimum absolute atomic E-state index is 0.519. The van der Waals surface area contributed by atoms with Crippen molar-refractivity contribution >= 4 is 10.9 Å². The number of aliphatic hydroxyl groups excluding tert-OH is 1. The highest BCUT2D eigenvalue weighted by Crippen LogP contribution is 2.22. The normalized spacial score (nSPS) is 12.8. The van der Waals surface area contributed by atoms with Gasteiger partial charge in [0.05, 0.1) is 17.3 Å². The fourth-order valence-electron chi connectivity index (χ4n) is 2.34. The van der Waals surface area contributed by atoms with Gasteiger partial charge in [0.2, 0.25) is 0 Å². The number of fused-ring (bicyclic) bond motifs is 1. The average Bonchev–Trinajstić information content (AvgIpc) is 2.83. The molecule has 0 fully saturated rings. The van der Waals surface area contributed by atoms with E-state index in [0.29, 0.717) is 6.42 Å². The van der Waals surface area contributed by atoms with Crippen molar-refractivity contribution in [2.24, 2.45) is 7.05 Å². The van der Waals surface area contributed by atoms with E-state index in [4.69, 9.17) is 0 Å². The molecule has 0 bridgehead atoms. The summed E-state index contributed by atoms with van der Waals surface area (Å²) in [7, 11) is 1.87. The van der Waals surface area contributed by atoms with Gasteiger partial charge in [-0.3, -0.25) is 9.67 Å². The quantitative estimate of drug-likeness (QED) is 0.793. The van der Waals surface area contributed by atoms with Crippen LogP contribution in [0.5, 0.6) is 0 Å². The molecule has 0 saturated carbocycles. The fourth-order valence-corrected chi connectivity index (χ4v) is 2.34. The van der Waals surface area contributed by atoms with Crippen LogP contribution < -0.4 is 0 Å². The van der Waals surface area contributed by atoms with Crippen molar-refractivity contribution < 1.29 is 5.11 Å². The first kappa shape index (κ1) is 12.8. The van der Waals surface area contributed by atoms with Crippen LogP contribution in [0.2, 0.25) is 0 Å². The first-order chi connectivity index (χ1) is 9.61. The number of aromatic nitrogens is 3. The second kappa shape index (κ2) is 5.06. The standard InChI is InChI=1S/C16H17N3O/c1-11-3-4-12-9-13(5-6-15(12)17-11)16(20)10-14-7-8-19(2)18-14/h3-9,16,20H,10H2,1-2H3. The van der Waals surface area contributed by atoms with Crippen LogP contribution in [0.4, 0.5) is 0 Å². The van der Waals surface area contributed by atoms with E-state index < -0.39 is 6.10 Å². The molecule has 3 rings (SSSR count). The summed E-state index contributed by atoms with van der Waals surface area (Å²) in [5.74, 6) is 0. The summed E-state index contributed by atoms with van der Waals surface area (Å²) in [4.78, 5) is 4.47. The number of aliphatic hydroxyl groups is 1. The zero-order valence-electron chi connectivity index (χ0n) is 11.6. The van der Waals surface area contributed by atoms with Crippen molar-refractivity contribution in [1.82, 2.24) is 14.8 Å². The summed E-state index contributed by atoms with van der Waals surface area (Å²) in [6.07, 6.45) is 1.86. The smallest absolute Gasteiger partial charge is 0.0846 e. The number of rotatable bonds is 3. The molecule has 1 aromatic carbocycles. The molecule has 4 heteroatoms. The highest BCUT2D eigenvalue weighted by atomic mass is 16.3. The summed E-state index contributed by atoms with van der Waals surface area (Å²) in [5.41, 5.74) is 3.74. The van der Waals surface area contributed by atoms with Crippen LogP contribution >= 0.6 is 0 Å². The van der Waals surface area contributed by atoms with Crippen molar-refractivity contribution in [3.8, 4) is 0 Å². The Hall–Kier alpha value is -2.20. The molecule has 1 N–H and O–H groups in total. The third kappa shape index (κ3) is 2.56. The monoisotopic (exact) mass is 267 g/mol. The Morgan fingerprint density at radius 3 is 2.80 bits per heavy atom. The van der Waals surface area contributed by atoms with Gasteiger partial charge >= 0.3 is 0 Å². The number of hydrogen-bond acceptors (Lipinski definition) is 3. The molecule has 20 heavy (non-hydrogen) atoms. The molecular formula is C16H17N3O. The van der Waals surface area contributed by atoms with E-state index in [1.807, 2.05) is 56.6 Å². The maximum atomic E-state index is 10.3. The van der Waals surface area contributed by atoms with Gasteiger partial charge in [0.15, 0.2) is 0 Å². The van der Waals surface area contributed by atoms with Crippen LogP contribution in [-0.2, 0) is 13.5 Å². The molecule has 0 amide bonds. The predicted molar refractivity (Wildman–Crippen MR) is 78.4 cm³/mol. The molecular weight excluding hydrogens is 250 g/mol. The summed E-state index contributed by atoms with van der Waals surface area (Å²) in [6.45, 7) is 1.98. The van der Waals surface area contributed by atoms with E-state index in [1.165, 1.54) is 0 Å². The van der Waals surface area contributed by atoms with Gasteiger partial charge in [0, 0.05) is 30.7 Å². The summed E-state index contributed by atoms with van der Waals surface area (Å²) < 4.78 is 1.75. The molecule has 3 aromatic rings. The molecule has 0 aliphatic heterocycles. The molecule has 0 aliphatic rings. The van der Waals surface area contributed by atoms with Gasteiger partial charge in [-0.15, -0.1) is 0 Å². The van der Waals surface area contributed by atoms with E-state index in [2.05, 4.69) is 10.1 Å². The van der Waals surface area contributed by atoms with Gasteiger partial charge < -0.3 is 5.11 Å². The van der Waals surface area contributed by atoms with Gasteiger partial charge in [-0.2, -0.15) is 5.10 Å². The first-order valence-corrected chi connectivity index (χ1v) is 6.66. The van der Waals surface area contributed by atoms with E-state index in [9.17, 15) is 5.11 Å². The Morgan fingerprint density at radius 2 is 2.05 bits per heavy atom. The maximum absolute atomic E-state index is 10.3. The molecule has 102 valence electrons. The third-order valence-corrected chi connectivity index (χ3v) is 3.41. The van der Waals surface area contributed by atoms with E-state index >= 15 is 0 Å². The van der Waals surface area contributed by atoms with Gasteiger partial charge in [0.25, 0.3) is 0 Å². The summed E-state index contributed by atoms with van der Waals surface area (Å²) in [6, 6.07) is 11.8. The average molecular weight is 267 g/mol.